The van der Waals surface area contributed by atoms with Crippen molar-refractivity contribution in [1.82, 2.24) is 9.78 Å². The summed E-state index contributed by atoms with van der Waals surface area (Å²) in [5, 5.41) is 14.4. The first-order valence-electron chi connectivity index (χ1n) is 9.71. The second-order valence-electron chi connectivity index (χ2n) is 6.95. The monoisotopic (exact) mass is 384 g/mol. The molecule has 1 aliphatic carbocycles. The van der Waals surface area contributed by atoms with Gasteiger partial charge in [0.2, 0.25) is 0 Å². The normalized spacial score (nSPS) is 13.2. The molecule has 3 aromatic rings. The highest BCUT2D eigenvalue weighted by Gasteiger charge is 2.15. The van der Waals surface area contributed by atoms with Crippen LogP contribution in [0.25, 0.3) is 16.8 Å². The molecule has 0 unspecified atom stereocenters. The molecule has 0 aliphatic heterocycles. The summed E-state index contributed by atoms with van der Waals surface area (Å²) in [5.41, 5.74) is 6.20. The summed E-state index contributed by atoms with van der Waals surface area (Å²) in [4.78, 5) is 0. The van der Waals surface area contributed by atoms with Crippen LogP contribution >= 0.6 is 0 Å². The van der Waals surface area contributed by atoms with Gasteiger partial charge in [-0.15, -0.1) is 0 Å². The summed E-state index contributed by atoms with van der Waals surface area (Å²) in [6.07, 6.45) is 11.3. The molecular formula is C25H24N2O2. The molecule has 4 nitrogen and oxygen atoms in total. The number of ether oxygens (including phenoxy) is 1. The zero-order valence-electron chi connectivity index (χ0n) is 16.5. The van der Waals surface area contributed by atoms with Crippen LogP contribution in [0, 0.1) is 0 Å². The van der Waals surface area contributed by atoms with Gasteiger partial charge in [-0.3, -0.25) is 4.68 Å². The quantitative estimate of drug-likeness (QED) is 0.651. The zero-order chi connectivity index (χ0) is 20.1. The Bertz CT molecular complexity index is 1080. The Morgan fingerprint density at radius 1 is 1.03 bits per heavy atom. The van der Waals surface area contributed by atoms with E-state index in [0.717, 1.165) is 40.2 Å². The molecule has 146 valence electrons. The predicted octanol–water partition coefficient (Wildman–Crippen LogP) is 5.00. The van der Waals surface area contributed by atoms with Crippen LogP contribution < -0.4 is 4.74 Å². The number of rotatable bonds is 6. The van der Waals surface area contributed by atoms with Crippen molar-refractivity contribution in [2.45, 2.75) is 19.6 Å². The molecule has 0 fully saturated rings. The molecule has 4 heteroatoms. The van der Waals surface area contributed by atoms with Crippen molar-refractivity contribution in [1.29, 1.82) is 0 Å². The minimum absolute atomic E-state index is 0.00693. The summed E-state index contributed by atoms with van der Waals surface area (Å²) in [6, 6.07) is 18.3. The number of aliphatic hydroxyl groups is 1. The first-order chi connectivity index (χ1) is 14.3. The van der Waals surface area contributed by atoms with Crippen molar-refractivity contribution in [2.24, 2.45) is 0 Å². The second-order valence-corrected chi connectivity index (χ2v) is 6.95. The average molecular weight is 384 g/mol. The van der Waals surface area contributed by atoms with Gasteiger partial charge < -0.3 is 9.84 Å². The molecule has 0 spiro atoms. The number of methoxy groups -OCH3 is 1. The van der Waals surface area contributed by atoms with E-state index in [0.29, 0.717) is 6.54 Å². The van der Waals surface area contributed by atoms with Crippen LogP contribution in [0.4, 0.5) is 0 Å². The number of hydrogen-bond acceptors (Lipinski definition) is 3. The Morgan fingerprint density at radius 3 is 2.69 bits per heavy atom. The Labute approximate surface area is 171 Å². The number of benzene rings is 2. The third-order valence-corrected chi connectivity index (χ3v) is 5.03. The van der Waals surface area contributed by atoms with Crippen LogP contribution in [0.2, 0.25) is 0 Å². The van der Waals surface area contributed by atoms with E-state index in [4.69, 9.17) is 9.84 Å². The van der Waals surface area contributed by atoms with E-state index in [1.165, 1.54) is 5.57 Å². The van der Waals surface area contributed by atoms with Crippen molar-refractivity contribution >= 4 is 5.57 Å². The number of nitrogens with zero attached hydrogens (tertiary/aromatic N) is 2. The maximum atomic E-state index is 9.41. The molecule has 2 aromatic carbocycles. The summed E-state index contributed by atoms with van der Waals surface area (Å²) < 4.78 is 7.59. The van der Waals surface area contributed by atoms with E-state index in [-0.39, 0.29) is 6.61 Å². The lowest BCUT2D eigenvalue weighted by Gasteiger charge is -2.12. The SMILES string of the molecule is COc1cc(CO)ccc1Cn1nc(C2=CC=CC=CC2)cc1-c1ccccc1. The van der Waals surface area contributed by atoms with Crippen molar-refractivity contribution in [3.8, 4) is 17.0 Å². The molecule has 0 saturated carbocycles. The fourth-order valence-electron chi connectivity index (χ4n) is 3.48. The fourth-order valence-corrected chi connectivity index (χ4v) is 3.48. The third-order valence-electron chi connectivity index (χ3n) is 5.03. The van der Waals surface area contributed by atoms with Crippen LogP contribution in [0.3, 0.4) is 0 Å². The predicted molar refractivity (Wildman–Crippen MR) is 117 cm³/mol. The summed E-state index contributed by atoms with van der Waals surface area (Å²) in [7, 11) is 1.65. The van der Waals surface area contributed by atoms with Gasteiger partial charge in [-0.2, -0.15) is 5.10 Å². The van der Waals surface area contributed by atoms with Gasteiger partial charge >= 0.3 is 0 Å². The smallest absolute Gasteiger partial charge is 0.124 e. The van der Waals surface area contributed by atoms with Gasteiger partial charge in [0.1, 0.15) is 5.75 Å². The molecule has 0 radical (unpaired) electrons. The first kappa shape index (κ1) is 19.0. The van der Waals surface area contributed by atoms with Crippen LogP contribution in [-0.4, -0.2) is 22.0 Å². The van der Waals surface area contributed by atoms with Crippen LogP contribution in [0.15, 0.2) is 85.0 Å². The van der Waals surface area contributed by atoms with Gasteiger partial charge in [-0.1, -0.05) is 72.8 Å². The first-order valence-corrected chi connectivity index (χ1v) is 9.71. The molecular weight excluding hydrogens is 360 g/mol. The molecule has 1 aromatic heterocycles. The second kappa shape index (κ2) is 8.76. The Kier molecular flexibility index (Phi) is 5.73. The van der Waals surface area contributed by atoms with Crippen molar-refractivity contribution in [3.63, 3.8) is 0 Å². The highest BCUT2D eigenvalue weighted by atomic mass is 16.5. The molecule has 0 saturated heterocycles. The summed E-state index contributed by atoms with van der Waals surface area (Å²) >= 11 is 0. The molecule has 1 N–H and O–H groups in total. The Hall–Kier alpha value is -3.37. The van der Waals surface area contributed by atoms with E-state index < -0.39 is 0 Å². The lowest BCUT2D eigenvalue weighted by molar-refractivity contribution is 0.281. The maximum Gasteiger partial charge on any atom is 0.124 e. The van der Waals surface area contributed by atoms with E-state index >= 15 is 0 Å². The lowest BCUT2D eigenvalue weighted by atomic mass is 10.1. The number of allylic oxidation sites excluding steroid dienone is 6. The molecule has 0 atom stereocenters. The minimum atomic E-state index is -0.00693. The van der Waals surface area contributed by atoms with Crippen LogP contribution in [0.5, 0.6) is 5.75 Å². The molecule has 0 amide bonds. The third kappa shape index (κ3) is 4.23. The number of aliphatic hydroxyl groups excluding tert-OH is 1. The summed E-state index contributed by atoms with van der Waals surface area (Å²) in [5.74, 6) is 0.757. The van der Waals surface area contributed by atoms with Crippen molar-refractivity contribution < 1.29 is 9.84 Å². The molecule has 1 aliphatic rings. The standard InChI is InChI=1S/C25H24N2O2/c1-29-25-15-19(18-28)13-14-22(25)17-27-24(21-11-7-4-8-12-21)16-23(26-27)20-9-5-2-3-6-10-20/h2-9,11-16,28H,10,17-18H2,1H3. The molecule has 4 rings (SSSR count). The molecule has 1 heterocycles. The zero-order valence-corrected chi connectivity index (χ0v) is 16.5. The van der Waals surface area contributed by atoms with E-state index in [9.17, 15) is 5.11 Å². The van der Waals surface area contributed by atoms with Gasteiger partial charge in [-0.25, -0.2) is 0 Å². The highest BCUT2D eigenvalue weighted by Crippen LogP contribution is 2.29. The summed E-state index contributed by atoms with van der Waals surface area (Å²) in [6.45, 7) is 0.574. The van der Waals surface area contributed by atoms with Gasteiger partial charge in [0.25, 0.3) is 0 Å². The average Bonchev–Trinajstić information content (AvgIpc) is 2.99. The number of hydrogen-bond donors (Lipinski definition) is 1. The maximum absolute atomic E-state index is 9.41. The lowest BCUT2D eigenvalue weighted by Crippen LogP contribution is -2.06. The Morgan fingerprint density at radius 2 is 1.90 bits per heavy atom. The van der Waals surface area contributed by atoms with Crippen molar-refractivity contribution in [2.75, 3.05) is 7.11 Å². The van der Waals surface area contributed by atoms with Gasteiger partial charge in [-0.05, 0) is 35.3 Å². The van der Waals surface area contributed by atoms with Gasteiger partial charge in [0.15, 0.2) is 0 Å². The highest BCUT2D eigenvalue weighted by molar-refractivity contribution is 5.71. The minimum Gasteiger partial charge on any atom is -0.496 e. The van der Waals surface area contributed by atoms with Gasteiger partial charge in [0.05, 0.1) is 31.6 Å². The number of aromatic nitrogens is 2. The van der Waals surface area contributed by atoms with E-state index in [1.807, 2.05) is 47.2 Å². The van der Waals surface area contributed by atoms with E-state index in [2.05, 4.69) is 42.5 Å². The van der Waals surface area contributed by atoms with Crippen LogP contribution in [-0.2, 0) is 13.2 Å². The molecule has 0 bridgehead atoms. The van der Waals surface area contributed by atoms with Crippen molar-refractivity contribution in [3.05, 3.63) is 102 Å². The fraction of sp³-hybridized carbons (Fsp3) is 0.160. The molecule has 29 heavy (non-hydrogen) atoms. The topological polar surface area (TPSA) is 47.3 Å². The van der Waals surface area contributed by atoms with Crippen LogP contribution in [0.1, 0.15) is 23.2 Å². The van der Waals surface area contributed by atoms with E-state index in [1.54, 1.807) is 7.11 Å². The largest absolute Gasteiger partial charge is 0.496 e. The van der Waals surface area contributed by atoms with Gasteiger partial charge in [0, 0.05) is 5.56 Å². The Balaban J connectivity index is 1.77.